The number of aliphatic hydroxyl groups is 1. The summed E-state index contributed by atoms with van der Waals surface area (Å²) in [4.78, 5) is 15.6. The normalized spacial score (nSPS) is 24.0. The molecule has 2 fully saturated rings. The highest BCUT2D eigenvalue weighted by Gasteiger charge is 2.38. The van der Waals surface area contributed by atoms with Crippen LogP contribution >= 0.6 is 0 Å². The first-order chi connectivity index (χ1) is 10.8. The summed E-state index contributed by atoms with van der Waals surface area (Å²) >= 11 is 0. The first-order valence-corrected chi connectivity index (χ1v) is 7.50. The highest BCUT2D eigenvalue weighted by Crippen LogP contribution is 2.42. The molecule has 0 radical (unpaired) electrons. The molecule has 2 aliphatic carbocycles. The first kappa shape index (κ1) is 13.4. The topological polar surface area (TPSA) is 106 Å². The zero-order valence-corrected chi connectivity index (χ0v) is 12.0. The van der Waals surface area contributed by atoms with E-state index in [0.717, 1.165) is 31.5 Å². The van der Waals surface area contributed by atoms with E-state index in [1.165, 1.54) is 12.6 Å². The van der Waals surface area contributed by atoms with Crippen molar-refractivity contribution in [1.29, 1.82) is 0 Å². The molecular formula is C14H17N5O3. The molecule has 2 aliphatic rings. The molecule has 116 valence electrons. The number of nitrogens with one attached hydrogen (secondary N) is 1. The van der Waals surface area contributed by atoms with Crippen molar-refractivity contribution in [2.45, 2.75) is 50.3 Å². The van der Waals surface area contributed by atoms with Gasteiger partial charge in [0.1, 0.15) is 12.4 Å². The van der Waals surface area contributed by atoms with Gasteiger partial charge in [0.25, 0.3) is 5.91 Å². The largest absolute Gasteiger partial charge is 0.438 e. The lowest BCUT2D eigenvalue weighted by Gasteiger charge is -2.35. The van der Waals surface area contributed by atoms with Gasteiger partial charge in [0.2, 0.25) is 5.76 Å². The van der Waals surface area contributed by atoms with E-state index < -0.39 is 0 Å². The molecule has 2 N–H and O–H groups in total. The van der Waals surface area contributed by atoms with Crippen molar-refractivity contribution in [3.63, 3.8) is 0 Å². The van der Waals surface area contributed by atoms with E-state index in [1.54, 1.807) is 0 Å². The number of aromatic nitrogens is 4. The molecule has 1 amide bonds. The number of hydrogen-bond donors (Lipinski definition) is 2. The third-order valence-corrected chi connectivity index (χ3v) is 4.34. The zero-order valence-electron chi connectivity index (χ0n) is 12.0. The number of hydrogen-bond acceptors (Lipinski definition) is 6. The summed E-state index contributed by atoms with van der Waals surface area (Å²) in [5.74, 6) is 1.87. The minimum Gasteiger partial charge on any atom is -0.438 e. The van der Waals surface area contributed by atoms with E-state index in [4.69, 9.17) is 4.42 Å². The fourth-order valence-corrected chi connectivity index (χ4v) is 2.99. The van der Waals surface area contributed by atoms with Crippen molar-refractivity contribution < 1.29 is 14.3 Å². The number of oxazole rings is 1. The Labute approximate surface area is 126 Å². The molecule has 0 atom stereocenters. The van der Waals surface area contributed by atoms with E-state index in [1.807, 2.05) is 0 Å². The van der Waals surface area contributed by atoms with Crippen LogP contribution in [0.25, 0.3) is 0 Å². The van der Waals surface area contributed by atoms with Crippen LogP contribution in [0.15, 0.2) is 17.0 Å². The molecule has 2 aromatic heterocycles. The van der Waals surface area contributed by atoms with Gasteiger partial charge >= 0.3 is 0 Å². The number of carbonyl (C=O) groups excluding carboxylic acids is 1. The number of aliphatic hydroxyl groups excluding tert-OH is 1. The van der Waals surface area contributed by atoms with Gasteiger partial charge in [0.15, 0.2) is 12.2 Å². The highest BCUT2D eigenvalue weighted by molar-refractivity contribution is 5.91. The fraction of sp³-hybridized carbons (Fsp3) is 0.571. The Morgan fingerprint density at radius 2 is 2.23 bits per heavy atom. The Balaban J connectivity index is 1.39. The predicted octanol–water partition coefficient (Wildman–Crippen LogP) is 0.769. The molecular weight excluding hydrogens is 286 g/mol. The minimum atomic E-state index is -0.236. The van der Waals surface area contributed by atoms with Crippen LogP contribution in [-0.4, -0.2) is 36.8 Å². The van der Waals surface area contributed by atoms with Crippen molar-refractivity contribution in [3.05, 3.63) is 30.0 Å². The molecule has 0 aromatic carbocycles. The molecule has 22 heavy (non-hydrogen) atoms. The second-order valence-electron chi connectivity index (χ2n) is 5.94. The number of carbonyl (C=O) groups is 1. The summed E-state index contributed by atoms with van der Waals surface area (Å²) in [5, 5.41) is 20.6. The smallest absolute Gasteiger partial charge is 0.288 e. The lowest BCUT2D eigenvalue weighted by molar-refractivity contribution is 0.0878. The lowest BCUT2D eigenvalue weighted by Crippen LogP contribution is -2.44. The molecule has 2 saturated carbocycles. The van der Waals surface area contributed by atoms with Gasteiger partial charge in [0.05, 0.1) is 6.20 Å². The Kier molecular flexibility index (Phi) is 3.18. The predicted molar refractivity (Wildman–Crippen MR) is 73.9 cm³/mol. The van der Waals surface area contributed by atoms with E-state index in [9.17, 15) is 9.90 Å². The summed E-state index contributed by atoms with van der Waals surface area (Å²) in [6.45, 7) is -0.0815. The average Bonchev–Trinajstić information content (AvgIpc) is 3.02. The molecule has 0 aliphatic heterocycles. The van der Waals surface area contributed by atoms with Crippen molar-refractivity contribution in [3.8, 4) is 0 Å². The summed E-state index contributed by atoms with van der Waals surface area (Å²) in [5.41, 5.74) is 0. The van der Waals surface area contributed by atoms with Crippen LogP contribution in [0, 0.1) is 0 Å². The van der Waals surface area contributed by atoms with Gasteiger partial charge in [-0.15, -0.1) is 10.2 Å². The van der Waals surface area contributed by atoms with E-state index in [-0.39, 0.29) is 30.2 Å². The number of rotatable bonds is 5. The molecule has 8 heteroatoms. The van der Waals surface area contributed by atoms with E-state index >= 15 is 0 Å². The summed E-state index contributed by atoms with van der Waals surface area (Å²) in [7, 11) is 0. The van der Waals surface area contributed by atoms with E-state index in [2.05, 4.69) is 25.1 Å². The molecule has 0 bridgehead atoms. The molecule has 0 unspecified atom stereocenters. The SMILES string of the molecule is O=C(NC1CC(c2nnc(CO)n2C2CC2)C1)c1cnco1. The van der Waals surface area contributed by atoms with Crippen molar-refractivity contribution in [1.82, 2.24) is 25.1 Å². The van der Waals surface area contributed by atoms with Gasteiger partial charge in [0, 0.05) is 18.0 Å². The Hall–Kier alpha value is -2.22. The molecule has 0 saturated heterocycles. The summed E-state index contributed by atoms with van der Waals surface area (Å²) < 4.78 is 7.06. The molecule has 2 aromatic rings. The van der Waals surface area contributed by atoms with Gasteiger partial charge in [-0.1, -0.05) is 0 Å². The van der Waals surface area contributed by atoms with Crippen LogP contribution in [0.5, 0.6) is 0 Å². The lowest BCUT2D eigenvalue weighted by atomic mass is 9.79. The van der Waals surface area contributed by atoms with Crippen molar-refractivity contribution >= 4 is 5.91 Å². The van der Waals surface area contributed by atoms with Crippen LogP contribution in [0.3, 0.4) is 0 Å². The molecule has 8 nitrogen and oxygen atoms in total. The number of nitrogens with zero attached hydrogens (tertiary/aromatic N) is 4. The monoisotopic (exact) mass is 303 g/mol. The third kappa shape index (κ3) is 2.29. The minimum absolute atomic E-state index is 0.0815. The molecule has 0 spiro atoms. The third-order valence-electron chi connectivity index (χ3n) is 4.34. The van der Waals surface area contributed by atoms with Crippen LogP contribution in [0.1, 0.15) is 59.8 Å². The highest BCUT2D eigenvalue weighted by atomic mass is 16.3. The zero-order chi connectivity index (χ0) is 15.1. The van der Waals surface area contributed by atoms with E-state index in [0.29, 0.717) is 11.9 Å². The first-order valence-electron chi connectivity index (χ1n) is 7.50. The van der Waals surface area contributed by atoms with Gasteiger partial charge < -0.3 is 19.4 Å². The standard InChI is InChI=1S/C14H17N5O3/c20-6-12-17-18-13(19(12)10-1-2-10)8-3-9(4-8)16-14(21)11-5-15-7-22-11/h5,7-10,20H,1-4,6H2,(H,16,21). The second-order valence-corrected chi connectivity index (χ2v) is 5.94. The van der Waals surface area contributed by atoms with Crippen molar-refractivity contribution in [2.24, 2.45) is 0 Å². The Morgan fingerprint density at radius 3 is 2.86 bits per heavy atom. The molecule has 4 rings (SSSR count). The Morgan fingerprint density at radius 1 is 1.41 bits per heavy atom. The number of amides is 1. The summed E-state index contributed by atoms with van der Waals surface area (Å²) in [6, 6.07) is 0.555. The maximum absolute atomic E-state index is 11.9. The van der Waals surface area contributed by atoms with Crippen LogP contribution in [-0.2, 0) is 6.61 Å². The maximum Gasteiger partial charge on any atom is 0.288 e. The van der Waals surface area contributed by atoms with Crippen LogP contribution in [0.2, 0.25) is 0 Å². The Bertz CT molecular complexity index is 671. The fourth-order valence-electron chi connectivity index (χ4n) is 2.99. The maximum atomic E-state index is 11.9. The van der Waals surface area contributed by atoms with Gasteiger partial charge in [-0.3, -0.25) is 4.79 Å². The summed E-state index contributed by atoms with van der Waals surface area (Å²) in [6.07, 6.45) is 6.55. The van der Waals surface area contributed by atoms with Gasteiger partial charge in [-0.05, 0) is 25.7 Å². The van der Waals surface area contributed by atoms with Gasteiger partial charge in [-0.2, -0.15) is 0 Å². The van der Waals surface area contributed by atoms with Crippen LogP contribution in [0.4, 0.5) is 0 Å². The molecule has 2 heterocycles. The quantitative estimate of drug-likeness (QED) is 0.845. The average molecular weight is 303 g/mol. The van der Waals surface area contributed by atoms with Crippen molar-refractivity contribution in [2.75, 3.05) is 0 Å². The second kappa shape index (κ2) is 5.20. The van der Waals surface area contributed by atoms with Gasteiger partial charge in [-0.25, -0.2) is 4.98 Å². The van der Waals surface area contributed by atoms with Crippen LogP contribution < -0.4 is 5.32 Å².